The van der Waals surface area contributed by atoms with E-state index >= 15 is 0 Å². The molecule has 0 aliphatic heterocycles. The fraction of sp³-hybridized carbons (Fsp3) is 0.333. The zero-order valence-electron chi connectivity index (χ0n) is 10.2. The Labute approximate surface area is 114 Å². The number of halogens is 1. The highest BCUT2D eigenvalue weighted by Crippen LogP contribution is 2.22. The smallest absolute Gasteiger partial charge is 0.328 e. The fourth-order valence-electron chi connectivity index (χ4n) is 1.49. The predicted molar refractivity (Wildman–Crippen MR) is 68.4 cm³/mol. The maximum absolute atomic E-state index is 11.7. The van der Waals surface area contributed by atoms with Gasteiger partial charge in [0.1, 0.15) is 11.8 Å². The molecule has 0 spiro atoms. The Balaban J connectivity index is 2.76. The van der Waals surface area contributed by atoms with E-state index in [1.54, 1.807) is 18.2 Å². The highest BCUT2D eigenvalue weighted by atomic mass is 35.5. The van der Waals surface area contributed by atoms with Crippen LogP contribution in [0, 0.1) is 0 Å². The molecule has 7 heteroatoms. The molecule has 0 fully saturated rings. The minimum Gasteiger partial charge on any atom is -0.496 e. The van der Waals surface area contributed by atoms with Crippen LogP contribution in [-0.2, 0) is 16.0 Å². The van der Waals surface area contributed by atoms with Gasteiger partial charge in [-0.2, -0.15) is 0 Å². The van der Waals surface area contributed by atoms with E-state index in [9.17, 15) is 9.59 Å². The number of aliphatic hydroxyl groups excluding tert-OH is 1. The molecule has 1 amide bonds. The molecule has 1 aromatic carbocycles. The van der Waals surface area contributed by atoms with Crippen LogP contribution in [-0.4, -0.2) is 41.8 Å². The number of carboxylic acid groups (broad SMARTS) is 1. The van der Waals surface area contributed by atoms with Gasteiger partial charge in [0, 0.05) is 10.6 Å². The van der Waals surface area contributed by atoms with Gasteiger partial charge in [-0.25, -0.2) is 4.79 Å². The van der Waals surface area contributed by atoms with Crippen LogP contribution in [0.25, 0.3) is 0 Å². The van der Waals surface area contributed by atoms with Crippen LogP contribution in [0.1, 0.15) is 5.56 Å². The van der Waals surface area contributed by atoms with Crippen molar-refractivity contribution >= 4 is 23.5 Å². The molecular formula is C12H14ClNO5. The van der Waals surface area contributed by atoms with Crippen molar-refractivity contribution in [1.82, 2.24) is 5.32 Å². The summed E-state index contributed by atoms with van der Waals surface area (Å²) in [5.74, 6) is -1.36. The number of amides is 1. The number of aliphatic carboxylic acids is 1. The van der Waals surface area contributed by atoms with Crippen LogP contribution < -0.4 is 10.1 Å². The van der Waals surface area contributed by atoms with Crippen LogP contribution in [0.3, 0.4) is 0 Å². The summed E-state index contributed by atoms with van der Waals surface area (Å²) < 4.78 is 5.08. The SMILES string of the molecule is COc1ccc(Cl)cc1CC(=O)N[C@@H](CO)C(=O)O. The lowest BCUT2D eigenvalue weighted by Crippen LogP contribution is -2.43. The third-order valence-corrected chi connectivity index (χ3v) is 2.64. The Hall–Kier alpha value is -1.79. The van der Waals surface area contributed by atoms with Gasteiger partial charge in [0.25, 0.3) is 0 Å². The van der Waals surface area contributed by atoms with Crippen molar-refractivity contribution in [1.29, 1.82) is 0 Å². The van der Waals surface area contributed by atoms with Crippen molar-refractivity contribution in [3.63, 3.8) is 0 Å². The second-order valence-corrected chi connectivity index (χ2v) is 4.21. The Morgan fingerprint density at radius 2 is 2.16 bits per heavy atom. The number of carbonyl (C=O) groups is 2. The van der Waals surface area contributed by atoms with E-state index in [2.05, 4.69) is 5.32 Å². The quantitative estimate of drug-likeness (QED) is 0.706. The van der Waals surface area contributed by atoms with Gasteiger partial charge >= 0.3 is 5.97 Å². The average molecular weight is 288 g/mol. The summed E-state index contributed by atoms with van der Waals surface area (Å²) in [4.78, 5) is 22.4. The van der Waals surface area contributed by atoms with Crippen LogP contribution in [0.4, 0.5) is 0 Å². The first-order chi connectivity index (χ1) is 8.97. The van der Waals surface area contributed by atoms with Gasteiger partial charge in [-0.15, -0.1) is 0 Å². The van der Waals surface area contributed by atoms with E-state index in [4.69, 9.17) is 26.6 Å². The molecule has 0 radical (unpaired) electrons. The largest absolute Gasteiger partial charge is 0.496 e. The summed E-state index contributed by atoms with van der Waals surface area (Å²) in [5.41, 5.74) is 0.537. The highest BCUT2D eigenvalue weighted by Gasteiger charge is 2.19. The highest BCUT2D eigenvalue weighted by molar-refractivity contribution is 6.30. The van der Waals surface area contributed by atoms with Crippen molar-refractivity contribution < 1.29 is 24.5 Å². The molecule has 1 atom stereocenters. The van der Waals surface area contributed by atoms with Gasteiger partial charge in [-0.1, -0.05) is 11.6 Å². The van der Waals surface area contributed by atoms with Crippen molar-refractivity contribution in [2.45, 2.75) is 12.5 Å². The Bertz CT molecular complexity index is 477. The summed E-state index contributed by atoms with van der Waals surface area (Å²) in [6, 6.07) is 3.48. The molecule has 1 aromatic rings. The Morgan fingerprint density at radius 3 is 2.68 bits per heavy atom. The summed E-state index contributed by atoms with van der Waals surface area (Å²) in [7, 11) is 1.46. The molecule has 0 aliphatic rings. The zero-order valence-corrected chi connectivity index (χ0v) is 11.0. The number of methoxy groups -OCH3 is 1. The predicted octanol–water partition coefficient (Wildman–Crippen LogP) is 0.453. The summed E-state index contributed by atoms with van der Waals surface area (Å²) in [6.45, 7) is -0.673. The third-order valence-electron chi connectivity index (χ3n) is 2.41. The average Bonchev–Trinajstić information content (AvgIpc) is 2.35. The van der Waals surface area contributed by atoms with E-state index in [1.807, 2.05) is 0 Å². The number of ether oxygens (including phenoxy) is 1. The number of carboxylic acids is 1. The molecule has 0 heterocycles. The minimum absolute atomic E-state index is 0.0898. The zero-order chi connectivity index (χ0) is 14.4. The molecular weight excluding hydrogens is 274 g/mol. The summed E-state index contributed by atoms with van der Waals surface area (Å²) in [5, 5.41) is 20.2. The molecule has 3 N–H and O–H groups in total. The normalized spacial score (nSPS) is 11.7. The molecule has 104 valence electrons. The van der Waals surface area contributed by atoms with Crippen molar-refractivity contribution in [3.05, 3.63) is 28.8 Å². The van der Waals surface area contributed by atoms with Gasteiger partial charge < -0.3 is 20.3 Å². The molecule has 6 nitrogen and oxygen atoms in total. The van der Waals surface area contributed by atoms with E-state index in [0.717, 1.165) is 0 Å². The first kappa shape index (κ1) is 15.3. The number of carbonyl (C=O) groups excluding carboxylic acids is 1. The lowest BCUT2D eigenvalue weighted by Gasteiger charge is -2.13. The number of aliphatic hydroxyl groups is 1. The van der Waals surface area contributed by atoms with Crippen LogP contribution in [0.5, 0.6) is 5.75 Å². The fourth-order valence-corrected chi connectivity index (χ4v) is 1.68. The van der Waals surface area contributed by atoms with Crippen LogP contribution >= 0.6 is 11.6 Å². The number of hydrogen-bond donors (Lipinski definition) is 3. The van der Waals surface area contributed by atoms with Gasteiger partial charge in [-0.3, -0.25) is 4.79 Å². The monoisotopic (exact) mass is 287 g/mol. The Kier molecular flexibility index (Phi) is 5.59. The second kappa shape index (κ2) is 6.96. The number of hydrogen-bond acceptors (Lipinski definition) is 4. The molecule has 0 aromatic heterocycles. The second-order valence-electron chi connectivity index (χ2n) is 3.77. The van der Waals surface area contributed by atoms with Crippen molar-refractivity contribution in [2.75, 3.05) is 13.7 Å². The first-order valence-corrected chi connectivity index (χ1v) is 5.81. The topological polar surface area (TPSA) is 95.9 Å². The van der Waals surface area contributed by atoms with Crippen molar-refractivity contribution in [3.8, 4) is 5.75 Å². The maximum atomic E-state index is 11.7. The van der Waals surface area contributed by atoms with E-state index in [0.29, 0.717) is 16.3 Å². The van der Waals surface area contributed by atoms with E-state index in [1.165, 1.54) is 7.11 Å². The molecule has 0 saturated carbocycles. The van der Waals surface area contributed by atoms with Gasteiger partial charge in [-0.05, 0) is 18.2 Å². The molecule has 0 unspecified atom stereocenters. The van der Waals surface area contributed by atoms with E-state index in [-0.39, 0.29) is 6.42 Å². The summed E-state index contributed by atoms with van der Waals surface area (Å²) in [6.07, 6.45) is -0.0898. The lowest BCUT2D eigenvalue weighted by atomic mass is 10.1. The van der Waals surface area contributed by atoms with Gasteiger partial charge in [0.15, 0.2) is 0 Å². The number of rotatable bonds is 6. The molecule has 0 aliphatic carbocycles. The van der Waals surface area contributed by atoms with Crippen LogP contribution in [0.2, 0.25) is 5.02 Å². The molecule has 0 bridgehead atoms. The first-order valence-electron chi connectivity index (χ1n) is 5.43. The molecule has 19 heavy (non-hydrogen) atoms. The molecule has 0 saturated heterocycles. The lowest BCUT2D eigenvalue weighted by molar-refractivity contribution is -0.142. The molecule has 1 rings (SSSR count). The standard InChI is InChI=1S/C12H14ClNO5/c1-19-10-3-2-8(13)4-7(10)5-11(16)14-9(6-15)12(17)18/h2-4,9,15H,5-6H2,1H3,(H,14,16)(H,17,18)/t9-/m0/s1. The Morgan fingerprint density at radius 1 is 1.47 bits per heavy atom. The maximum Gasteiger partial charge on any atom is 0.328 e. The van der Waals surface area contributed by atoms with E-state index < -0.39 is 24.5 Å². The van der Waals surface area contributed by atoms with Gasteiger partial charge in [0.2, 0.25) is 5.91 Å². The third kappa shape index (κ3) is 4.42. The number of benzene rings is 1. The number of nitrogens with one attached hydrogen (secondary N) is 1. The van der Waals surface area contributed by atoms with Crippen LogP contribution in [0.15, 0.2) is 18.2 Å². The van der Waals surface area contributed by atoms with Crippen molar-refractivity contribution in [2.24, 2.45) is 0 Å². The summed E-state index contributed by atoms with van der Waals surface area (Å²) >= 11 is 5.82. The van der Waals surface area contributed by atoms with Gasteiger partial charge in [0.05, 0.1) is 20.1 Å². The minimum atomic E-state index is -1.32.